The topological polar surface area (TPSA) is 53.1 Å². The normalized spacial score (nSPS) is 10.4. The van der Waals surface area contributed by atoms with E-state index >= 15 is 0 Å². The molecule has 0 saturated heterocycles. The van der Waals surface area contributed by atoms with E-state index in [9.17, 15) is 0 Å². The van der Waals surface area contributed by atoms with E-state index in [-0.39, 0.29) is 0 Å². The Hall–Kier alpha value is -1.81. The van der Waals surface area contributed by atoms with Crippen molar-refractivity contribution in [1.29, 1.82) is 0 Å². The molecule has 0 radical (unpaired) electrons. The van der Waals surface area contributed by atoms with Crippen LogP contribution in [0.3, 0.4) is 0 Å². The third-order valence-electron chi connectivity index (χ3n) is 2.29. The molecule has 84 valence electrons. The van der Waals surface area contributed by atoms with Crippen molar-refractivity contribution in [3.05, 3.63) is 42.5 Å². The summed E-state index contributed by atoms with van der Waals surface area (Å²) >= 11 is 0. The molecule has 1 aromatic carbocycles. The zero-order chi connectivity index (χ0) is 11.4. The average Bonchev–Trinajstić information content (AvgIpc) is 2.79. The van der Waals surface area contributed by atoms with Crippen LogP contribution in [-0.2, 0) is 6.54 Å². The van der Waals surface area contributed by atoms with Gasteiger partial charge in [0.05, 0.1) is 18.6 Å². The van der Waals surface area contributed by atoms with Crippen molar-refractivity contribution in [2.45, 2.75) is 13.5 Å². The van der Waals surface area contributed by atoms with Gasteiger partial charge in [0.25, 0.3) is 0 Å². The fourth-order valence-electron chi connectivity index (χ4n) is 1.49. The summed E-state index contributed by atoms with van der Waals surface area (Å²) in [7, 11) is 0. The van der Waals surface area contributed by atoms with Gasteiger partial charge in [-0.05, 0) is 31.2 Å². The number of benzene rings is 1. The maximum Gasteiger partial charge on any atom is 0.119 e. The fourth-order valence-corrected chi connectivity index (χ4v) is 1.49. The average molecular weight is 217 g/mol. The molecule has 0 spiro atoms. The summed E-state index contributed by atoms with van der Waals surface area (Å²) in [4.78, 5) is 4.18. The van der Waals surface area contributed by atoms with Gasteiger partial charge in [-0.3, -0.25) is 0 Å². The smallest absolute Gasteiger partial charge is 0.119 e. The molecule has 0 bridgehead atoms. The second-order valence-electron chi connectivity index (χ2n) is 3.40. The van der Waals surface area contributed by atoms with Crippen molar-refractivity contribution in [1.82, 2.24) is 9.55 Å². The Bertz CT molecular complexity index is 448. The lowest BCUT2D eigenvalue weighted by molar-refractivity contribution is 0.340. The van der Waals surface area contributed by atoms with Crippen molar-refractivity contribution in [3.63, 3.8) is 0 Å². The maximum atomic E-state index is 5.51. The lowest BCUT2D eigenvalue weighted by Crippen LogP contribution is -1.96. The predicted octanol–water partition coefficient (Wildman–Crippen LogP) is 1.73. The van der Waals surface area contributed by atoms with Crippen LogP contribution in [-0.4, -0.2) is 16.2 Å². The number of nitrogens with two attached hydrogens (primary N) is 1. The van der Waals surface area contributed by atoms with E-state index in [4.69, 9.17) is 10.5 Å². The van der Waals surface area contributed by atoms with E-state index in [1.165, 1.54) is 0 Å². The zero-order valence-electron chi connectivity index (χ0n) is 9.26. The summed E-state index contributed by atoms with van der Waals surface area (Å²) in [6.45, 7) is 3.11. The van der Waals surface area contributed by atoms with Crippen LogP contribution >= 0.6 is 0 Å². The number of rotatable bonds is 4. The zero-order valence-corrected chi connectivity index (χ0v) is 9.26. The van der Waals surface area contributed by atoms with Crippen LogP contribution in [0.1, 0.15) is 12.6 Å². The molecule has 1 heterocycles. The van der Waals surface area contributed by atoms with Crippen molar-refractivity contribution < 1.29 is 4.74 Å². The van der Waals surface area contributed by atoms with Gasteiger partial charge in [-0.25, -0.2) is 4.98 Å². The molecule has 0 unspecified atom stereocenters. The van der Waals surface area contributed by atoms with Gasteiger partial charge in [-0.1, -0.05) is 0 Å². The lowest BCUT2D eigenvalue weighted by Gasteiger charge is -2.05. The first-order valence-corrected chi connectivity index (χ1v) is 5.29. The first-order chi connectivity index (χ1) is 7.83. The molecule has 0 amide bonds. The van der Waals surface area contributed by atoms with Gasteiger partial charge < -0.3 is 15.0 Å². The van der Waals surface area contributed by atoms with Crippen LogP contribution in [0.15, 0.2) is 36.8 Å². The van der Waals surface area contributed by atoms with Crippen molar-refractivity contribution in [2.75, 3.05) is 6.61 Å². The van der Waals surface area contributed by atoms with E-state index in [1.807, 2.05) is 42.0 Å². The number of hydrogen-bond donors (Lipinski definition) is 1. The standard InChI is InChI=1S/C12H15N3O/c1-2-16-12-5-3-11(4-6-12)15-8-10(7-13)14-9-15/h3-6,8-9H,2,7,13H2,1H3. The van der Waals surface area contributed by atoms with Crippen molar-refractivity contribution in [3.8, 4) is 11.4 Å². The Morgan fingerprint density at radius 3 is 2.62 bits per heavy atom. The molecule has 0 saturated carbocycles. The van der Waals surface area contributed by atoms with Crippen LogP contribution < -0.4 is 10.5 Å². The Kier molecular flexibility index (Phi) is 3.22. The number of aromatic nitrogens is 2. The number of imidazole rings is 1. The van der Waals surface area contributed by atoms with Gasteiger partial charge in [0.2, 0.25) is 0 Å². The van der Waals surface area contributed by atoms with Gasteiger partial charge >= 0.3 is 0 Å². The summed E-state index contributed by atoms with van der Waals surface area (Å²) in [5.41, 5.74) is 7.44. The molecule has 0 aliphatic heterocycles. The minimum Gasteiger partial charge on any atom is -0.494 e. The van der Waals surface area contributed by atoms with E-state index < -0.39 is 0 Å². The Morgan fingerprint density at radius 2 is 2.06 bits per heavy atom. The molecule has 4 nitrogen and oxygen atoms in total. The van der Waals surface area contributed by atoms with Crippen LogP contribution in [0, 0.1) is 0 Å². The highest BCUT2D eigenvalue weighted by Crippen LogP contribution is 2.15. The largest absolute Gasteiger partial charge is 0.494 e. The predicted molar refractivity (Wildman–Crippen MR) is 62.6 cm³/mol. The second kappa shape index (κ2) is 4.81. The molecule has 0 aliphatic rings. The number of hydrogen-bond acceptors (Lipinski definition) is 3. The van der Waals surface area contributed by atoms with Crippen molar-refractivity contribution >= 4 is 0 Å². The monoisotopic (exact) mass is 217 g/mol. The third-order valence-corrected chi connectivity index (χ3v) is 2.29. The molecule has 2 rings (SSSR count). The second-order valence-corrected chi connectivity index (χ2v) is 3.40. The summed E-state index contributed by atoms with van der Waals surface area (Å²) < 4.78 is 7.32. The highest BCUT2D eigenvalue weighted by molar-refractivity contribution is 5.37. The summed E-state index contributed by atoms with van der Waals surface area (Å²) in [5, 5.41) is 0. The van der Waals surface area contributed by atoms with Crippen LogP contribution in [0.5, 0.6) is 5.75 Å². The Morgan fingerprint density at radius 1 is 1.31 bits per heavy atom. The number of ether oxygens (including phenoxy) is 1. The lowest BCUT2D eigenvalue weighted by atomic mass is 10.3. The van der Waals surface area contributed by atoms with Crippen LogP contribution in [0.4, 0.5) is 0 Å². The van der Waals surface area contributed by atoms with Crippen molar-refractivity contribution in [2.24, 2.45) is 5.73 Å². The van der Waals surface area contributed by atoms with Crippen LogP contribution in [0.25, 0.3) is 5.69 Å². The minimum absolute atomic E-state index is 0.462. The van der Waals surface area contributed by atoms with E-state index in [0.717, 1.165) is 17.1 Å². The van der Waals surface area contributed by atoms with E-state index in [0.29, 0.717) is 13.2 Å². The summed E-state index contributed by atoms with van der Waals surface area (Å²) in [5.74, 6) is 0.880. The van der Waals surface area contributed by atoms with E-state index in [1.54, 1.807) is 6.33 Å². The molecule has 0 aliphatic carbocycles. The molecule has 0 atom stereocenters. The summed E-state index contributed by atoms with van der Waals surface area (Å²) in [6.07, 6.45) is 3.69. The molecule has 2 aromatic rings. The molecule has 0 fully saturated rings. The summed E-state index contributed by atoms with van der Waals surface area (Å²) in [6, 6.07) is 7.88. The fraction of sp³-hybridized carbons (Fsp3) is 0.250. The minimum atomic E-state index is 0.462. The molecule has 16 heavy (non-hydrogen) atoms. The van der Waals surface area contributed by atoms with Gasteiger partial charge in [-0.2, -0.15) is 0 Å². The highest BCUT2D eigenvalue weighted by Gasteiger charge is 1.99. The first-order valence-electron chi connectivity index (χ1n) is 5.29. The van der Waals surface area contributed by atoms with Gasteiger partial charge in [0.1, 0.15) is 5.75 Å². The Labute approximate surface area is 94.7 Å². The molecule has 4 heteroatoms. The van der Waals surface area contributed by atoms with Crippen LogP contribution in [0.2, 0.25) is 0 Å². The quantitative estimate of drug-likeness (QED) is 0.848. The molecule has 1 aromatic heterocycles. The first kappa shape index (κ1) is 10.7. The number of nitrogens with zero attached hydrogens (tertiary/aromatic N) is 2. The van der Waals surface area contributed by atoms with Gasteiger partial charge in [0.15, 0.2) is 0 Å². The SMILES string of the molecule is CCOc1ccc(-n2cnc(CN)c2)cc1. The Balaban J connectivity index is 2.20. The molecule has 2 N–H and O–H groups in total. The third kappa shape index (κ3) is 2.23. The van der Waals surface area contributed by atoms with Gasteiger partial charge in [-0.15, -0.1) is 0 Å². The van der Waals surface area contributed by atoms with Gasteiger partial charge in [0, 0.05) is 18.4 Å². The highest BCUT2D eigenvalue weighted by atomic mass is 16.5. The maximum absolute atomic E-state index is 5.51. The molecular formula is C12H15N3O. The molecular weight excluding hydrogens is 202 g/mol. The van der Waals surface area contributed by atoms with E-state index in [2.05, 4.69) is 4.98 Å².